The van der Waals surface area contributed by atoms with E-state index in [1.165, 1.54) is 5.56 Å². The van der Waals surface area contributed by atoms with E-state index in [2.05, 4.69) is 27.1 Å². The van der Waals surface area contributed by atoms with Crippen molar-refractivity contribution in [1.82, 2.24) is 15.0 Å². The molecule has 5 nitrogen and oxygen atoms in total. The van der Waals surface area contributed by atoms with Gasteiger partial charge < -0.3 is 14.5 Å². The highest BCUT2D eigenvalue weighted by Gasteiger charge is 2.06. The van der Waals surface area contributed by atoms with E-state index in [-0.39, 0.29) is 0 Å². The molecule has 2 heterocycles. The average molecular weight is 283 g/mol. The molecule has 0 radical (unpaired) electrons. The molecule has 108 valence electrons. The number of benzene rings is 1. The van der Waals surface area contributed by atoms with Crippen molar-refractivity contribution in [1.29, 1.82) is 0 Å². The normalized spacial score (nSPS) is 10.8. The molecule has 0 amide bonds. The summed E-state index contributed by atoms with van der Waals surface area (Å²) in [5.41, 5.74) is 2.88. The maximum absolute atomic E-state index is 5.16. The number of fused-ring (bicyclic) bond motifs is 1. The molecule has 0 saturated heterocycles. The largest absolute Gasteiger partial charge is 0.497 e. The van der Waals surface area contributed by atoms with Crippen LogP contribution in [0, 0.1) is 0 Å². The van der Waals surface area contributed by atoms with Crippen molar-refractivity contribution in [3.63, 3.8) is 0 Å². The number of aryl methyl sites for hydroxylation is 2. The van der Waals surface area contributed by atoms with Gasteiger partial charge in [0.05, 0.1) is 19.7 Å². The van der Waals surface area contributed by atoms with E-state index in [0.717, 1.165) is 29.9 Å². The lowest BCUT2D eigenvalue weighted by Gasteiger charge is -2.02. The van der Waals surface area contributed by atoms with Gasteiger partial charge in [-0.25, -0.2) is 4.98 Å². The Kier molecular flexibility index (Phi) is 3.73. The lowest BCUT2D eigenvalue weighted by molar-refractivity contribution is 0.399. The Labute approximate surface area is 123 Å². The summed E-state index contributed by atoms with van der Waals surface area (Å²) in [4.78, 5) is 12.1. The molecule has 3 aromatic rings. The lowest BCUT2D eigenvalue weighted by Crippen LogP contribution is -1.93. The standard InChI is InChI=1S/C16H17N3O2/c1-20-12-6-3-11(4-7-12)5-9-14-17-13-8-10-15(21-2)19-16(13)18-14/h3-4,6-8,10H,5,9H2,1-2H3,(H,17,18,19). The van der Waals surface area contributed by atoms with Crippen LogP contribution in [0.15, 0.2) is 36.4 Å². The molecule has 21 heavy (non-hydrogen) atoms. The Morgan fingerprint density at radius 2 is 1.71 bits per heavy atom. The van der Waals surface area contributed by atoms with Crippen LogP contribution in [-0.4, -0.2) is 29.2 Å². The number of aromatic amines is 1. The summed E-state index contributed by atoms with van der Waals surface area (Å²) in [5, 5.41) is 0. The van der Waals surface area contributed by atoms with E-state index in [0.29, 0.717) is 11.5 Å². The summed E-state index contributed by atoms with van der Waals surface area (Å²) < 4.78 is 10.3. The van der Waals surface area contributed by atoms with E-state index in [4.69, 9.17) is 9.47 Å². The van der Waals surface area contributed by atoms with Crippen LogP contribution >= 0.6 is 0 Å². The molecule has 0 saturated carbocycles. The second-order valence-electron chi connectivity index (χ2n) is 4.76. The van der Waals surface area contributed by atoms with Crippen molar-refractivity contribution < 1.29 is 9.47 Å². The number of hydrogen-bond donors (Lipinski definition) is 1. The average Bonchev–Trinajstić information content (AvgIpc) is 2.95. The molecule has 0 aliphatic rings. The van der Waals surface area contributed by atoms with Crippen LogP contribution in [0.3, 0.4) is 0 Å². The third-order valence-corrected chi connectivity index (χ3v) is 3.39. The van der Waals surface area contributed by atoms with E-state index >= 15 is 0 Å². The summed E-state index contributed by atoms with van der Waals surface area (Å²) in [5.74, 6) is 2.39. The van der Waals surface area contributed by atoms with Gasteiger partial charge in [-0.05, 0) is 30.2 Å². The molecule has 0 aliphatic heterocycles. The zero-order chi connectivity index (χ0) is 14.7. The minimum atomic E-state index is 0.579. The number of nitrogens with one attached hydrogen (secondary N) is 1. The molecule has 0 aliphatic carbocycles. The van der Waals surface area contributed by atoms with E-state index in [1.807, 2.05) is 24.3 Å². The van der Waals surface area contributed by atoms with Gasteiger partial charge in [0.2, 0.25) is 5.88 Å². The quantitative estimate of drug-likeness (QED) is 0.782. The Hall–Kier alpha value is -2.56. The van der Waals surface area contributed by atoms with Crippen LogP contribution < -0.4 is 9.47 Å². The van der Waals surface area contributed by atoms with Crippen molar-refractivity contribution in [3.8, 4) is 11.6 Å². The molecule has 1 aromatic carbocycles. The number of imidazole rings is 1. The Bertz CT molecular complexity index is 735. The number of methoxy groups -OCH3 is 2. The topological polar surface area (TPSA) is 60.0 Å². The SMILES string of the molecule is COc1ccc(CCc2nc3nc(OC)ccc3[nH]2)cc1. The number of nitrogens with zero attached hydrogens (tertiary/aromatic N) is 2. The molecule has 0 atom stereocenters. The fraction of sp³-hybridized carbons (Fsp3) is 0.250. The van der Waals surface area contributed by atoms with Crippen molar-refractivity contribution in [2.24, 2.45) is 0 Å². The maximum atomic E-state index is 5.16. The molecule has 2 aromatic heterocycles. The van der Waals surface area contributed by atoms with Crippen molar-refractivity contribution in [2.75, 3.05) is 14.2 Å². The highest BCUT2D eigenvalue weighted by Crippen LogP contribution is 2.16. The van der Waals surface area contributed by atoms with Gasteiger partial charge >= 0.3 is 0 Å². The highest BCUT2D eigenvalue weighted by molar-refractivity contribution is 5.71. The Morgan fingerprint density at radius 1 is 0.905 bits per heavy atom. The van der Waals surface area contributed by atoms with E-state index in [9.17, 15) is 0 Å². The van der Waals surface area contributed by atoms with Crippen LogP contribution in [0.1, 0.15) is 11.4 Å². The van der Waals surface area contributed by atoms with Crippen molar-refractivity contribution in [3.05, 3.63) is 47.8 Å². The first-order valence-corrected chi connectivity index (χ1v) is 6.81. The minimum Gasteiger partial charge on any atom is -0.497 e. The monoisotopic (exact) mass is 283 g/mol. The zero-order valence-electron chi connectivity index (χ0n) is 12.1. The number of pyridine rings is 1. The van der Waals surface area contributed by atoms with Gasteiger partial charge in [-0.3, -0.25) is 0 Å². The van der Waals surface area contributed by atoms with Crippen LogP contribution in [0.2, 0.25) is 0 Å². The third-order valence-electron chi connectivity index (χ3n) is 3.39. The number of H-pyrrole nitrogens is 1. The molecular formula is C16H17N3O2. The fourth-order valence-corrected chi connectivity index (χ4v) is 2.21. The molecule has 5 heteroatoms. The van der Waals surface area contributed by atoms with Crippen LogP contribution in [-0.2, 0) is 12.8 Å². The van der Waals surface area contributed by atoms with Gasteiger partial charge in [-0.2, -0.15) is 4.98 Å². The van der Waals surface area contributed by atoms with Gasteiger partial charge in [0, 0.05) is 12.5 Å². The first kappa shape index (κ1) is 13.4. The maximum Gasteiger partial charge on any atom is 0.215 e. The summed E-state index contributed by atoms with van der Waals surface area (Å²) in [6.07, 6.45) is 1.76. The summed E-state index contributed by atoms with van der Waals surface area (Å²) in [7, 11) is 3.27. The van der Waals surface area contributed by atoms with Crippen LogP contribution in [0.5, 0.6) is 11.6 Å². The number of ether oxygens (including phenoxy) is 2. The van der Waals surface area contributed by atoms with E-state index < -0.39 is 0 Å². The second kappa shape index (κ2) is 5.83. The summed E-state index contributed by atoms with van der Waals surface area (Å²) >= 11 is 0. The highest BCUT2D eigenvalue weighted by atomic mass is 16.5. The molecule has 0 unspecified atom stereocenters. The Balaban J connectivity index is 1.72. The lowest BCUT2D eigenvalue weighted by atomic mass is 10.1. The minimum absolute atomic E-state index is 0.579. The Morgan fingerprint density at radius 3 is 2.43 bits per heavy atom. The van der Waals surface area contributed by atoms with E-state index in [1.54, 1.807) is 14.2 Å². The molecule has 1 N–H and O–H groups in total. The van der Waals surface area contributed by atoms with Gasteiger partial charge in [0.25, 0.3) is 0 Å². The number of hydrogen-bond acceptors (Lipinski definition) is 4. The predicted octanol–water partition coefficient (Wildman–Crippen LogP) is 2.76. The fourth-order valence-electron chi connectivity index (χ4n) is 2.21. The van der Waals surface area contributed by atoms with Gasteiger partial charge in [0.15, 0.2) is 5.65 Å². The predicted molar refractivity (Wildman–Crippen MR) is 80.8 cm³/mol. The third kappa shape index (κ3) is 2.97. The number of aromatic nitrogens is 3. The van der Waals surface area contributed by atoms with Gasteiger partial charge in [-0.1, -0.05) is 12.1 Å². The van der Waals surface area contributed by atoms with Gasteiger partial charge in [0.1, 0.15) is 11.6 Å². The smallest absolute Gasteiger partial charge is 0.215 e. The summed E-state index contributed by atoms with van der Waals surface area (Å²) in [6.45, 7) is 0. The second-order valence-corrected chi connectivity index (χ2v) is 4.76. The molecule has 0 spiro atoms. The molecular weight excluding hydrogens is 266 g/mol. The van der Waals surface area contributed by atoms with Gasteiger partial charge in [-0.15, -0.1) is 0 Å². The molecule has 0 bridgehead atoms. The van der Waals surface area contributed by atoms with Crippen molar-refractivity contribution in [2.45, 2.75) is 12.8 Å². The molecule has 0 fully saturated rings. The number of rotatable bonds is 5. The van der Waals surface area contributed by atoms with Crippen LogP contribution in [0.4, 0.5) is 0 Å². The first-order valence-electron chi connectivity index (χ1n) is 6.81. The molecule has 3 rings (SSSR count). The van der Waals surface area contributed by atoms with Crippen molar-refractivity contribution >= 4 is 11.2 Å². The van der Waals surface area contributed by atoms with Crippen LogP contribution in [0.25, 0.3) is 11.2 Å². The zero-order valence-corrected chi connectivity index (χ0v) is 12.1. The summed E-state index contributed by atoms with van der Waals surface area (Å²) in [6, 6.07) is 11.9. The first-order chi connectivity index (χ1) is 10.3.